The van der Waals surface area contributed by atoms with Crippen molar-refractivity contribution in [1.29, 1.82) is 5.26 Å². The Kier molecular flexibility index (Phi) is 3.90. The molecular formula is C20H16N4O2. The van der Waals surface area contributed by atoms with Crippen LogP contribution in [0.25, 0.3) is 11.3 Å². The van der Waals surface area contributed by atoms with Gasteiger partial charge in [0.1, 0.15) is 11.4 Å². The second-order valence-corrected chi connectivity index (χ2v) is 6.14. The summed E-state index contributed by atoms with van der Waals surface area (Å²) in [6.07, 6.45) is 2.87. The molecule has 0 atom stereocenters. The van der Waals surface area contributed by atoms with Crippen molar-refractivity contribution in [2.24, 2.45) is 0 Å². The lowest BCUT2D eigenvalue weighted by Gasteiger charge is -2.26. The van der Waals surface area contributed by atoms with Crippen LogP contribution in [-0.4, -0.2) is 23.2 Å². The van der Waals surface area contributed by atoms with Crippen LogP contribution < -0.4 is 9.64 Å². The second kappa shape index (κ2) is 6.37. The van der Waals surface area contributed by atoms with Crippen LogP contribution in [0.1, 0.15) is 17.5 Å². The monoisotopic (exact) mass is 344 g/mol. The molecule has 2 aromatic carbocycles. The average molecular weight is 344 g/mol. The number of H-pyrrole nitrogens is 1. The number of carbonyl (C=O) groups is 1. The van der Waals surface area contributed by atoms with Gasteiger partial charge in [0.2, 0.25) is 5.91 Å². The highest BCUT2D eigenvalue weighted by atomic mass is 16.5. The van der Waals surface area contributed by atoms with Gasteiger partial charge >= 0.3 is 0 Å². The lowest BCUT2D eigenvalue weighted by molar-refractivity contribution is -0.118. The molecule has 0 aliphatic carbocycles. The van der Waals surface area contributed by atoms with E-state index in [2.05, 4.69) is 22.3 Å². The summed E-state index contributed by atoms with van der Waals surface area (Å²) in [5.74, 6) is 1.38. The van der Waals surface area contributed by atoms with E-state index in [1.807, 2.05) is 12.1 Å². The number of nitriles is 1. The van der Waals surface area contributed by atoms with Crippen LogP contribution in [-0.2, 0) is 11.2 Å². The molecule has 6 heteroatoms. The van der Waals surface area contributed by atoms with Gasteiger partial charge in [-0.1, -0.05) is 6.07 Å². The molecule has 1 aromatic heterocycles. The van der Waals surface area contributed by atoms with Crippen molar-refractivity contribution in [3.8, 4) is 28.8 Å². The third-order valence-electron chi connectivity index (χ3n) is 4.53. The number of hydrogen-bond acceptors (Lipinski definition) is 4. The number of ether oxygens (including phenoxy) is 1. The Morgan fingerprint density at radius 2 is 2.00 bits per heavy atom. The minimum Gasteiger partial charge on any atom is -0.453 e. The highest BCUT2D eigenvalue weighted by Crippen LogP contribution is 2.35. The van der Waals surface area contributed by atoms with Gasteiger partial charge in [-0.15, -0.1) is 0 Å². The van der Waals surface area contributed by atoms with E-state index in [1.165, 1.54) is 0 Å². The number of aromatic nitrogens is 2. The van der Waals surface area contributed by atoms with Crippen LogP contribution in [0.15, 0.2) is 48.7 Å². The van der Waals surface area contributed by atoms with Crippen LogP contribution >= 0.6 is 0 Å². The molecule has 2 heterocycles. The molecule has 3 aromatic rings. The van der Waals surface area contributed by atoms with E-state index < -0.39 is 0 Å². The summed E-state index contributed by atoms with van der Waals surface area (Å²) < 4.78 is 5.92. The van der Waals surface area contributed by atoms with Crippen molar-refractivity contribution in [1.82, 2.24) is 10.2 Å². The summed E-state index contributed by atoms with van der Waals surface area (Å²) in [4.78, 5) is 13.5. The molecule has 0 unspecified atom stereocenters. The number of aryl methyl sites for hydroxylation is 1. The van der Waals surface area contributed by atoms with Crippen LogP contribution in [0.3, 0.4) is 0 Å². The first kappa shape index (κ1) is 15.9. The maximum absolute atomic E-state index is 11.8. The fourth-order valence-corrected chi connectivity index (χ4v) is 3.10. The Hall–Kier alpha value is -3.59. The fraction of sp³-hybridized carbons (Fsp3) is 0.150. The molecular weight excluding hydrogens is 328 g/mol. The van der Waals surface area contributed by atoms with Gasteiger partial charge < -0.3 is 9.64 Å². The van der Waals surface area contributed by atoms with Crippen molar-refractivity contribution < 1.29 is 9.53 Å². The summed E-state index contributed by atoms with van der Waals surface area (Å²) >= 11 is 0. The lowest BCUT2D eigenvalue weighted by Crippen LogP contribution is -2.30. The van der Waals surface area contributed by atoms with E-state index in [0.29, 0.717) is 23.5 Å². The third kappa shape index (κ3) is 2.80. The molecule has 0 spiro atoms. The van der Waals surface area contributed by atoms with Crippen molar-refractivity contribution in [2.75, 3.05) is 11.9 Å². The zero-order valence-electron chi connectivity index (χ0n) is 14.2. The quantitative estimate of drug-likeness (QED) is 0.786. The van der Waals surface area contributed by atoms with Crippen LogP contribution in [0.4, 0.5) is 5.69 Å². The number of benzene rings is 2. The van der Waals surface area contributed by atoms with Crippen LogP contribution in [0.5, 0.6) is 11.5 Å². The fourth-order valence-electron chi connectivity index (χ4n) is 3.10. The molecule has 4 rings (SSSR count). The van der Waals surface area contributed by atoms with E-state index in [1.54, 1.807) is 42.4 Å². The maximum atomic E-state index is 11.8. The van der Waals surface area contributed by atoms with Gasteiger partial charge in [-0.05, 0) is 48.4 Å². The Morgan fingerprint density at radius 1 is 1.19 bits per heavy atom. The van der Waals surface area contributed by atoms with Gasteiger partial charge in [0, 0.05) is 24.7 Å². The largest absolute Gasteiger partial charge is 0.453 e. The Balaban J connectivity index is 1.64. The number of anilines is 1. The van der Waals surface area contributed by atoms with Gasteiger partial charge in [0.25, 0.3) is 0 Å². The summed E-state index contributed by atoms with van der Waals surface area (Å²) in [5, 5.41) is 16.0. The minimum absolute atomic E-state index is 0.136. The molecule has 0 radical (unpaired) electrons. The average Bonchev–Trinajstić information content (AvgIpc) is 3.13. The van der Waals surface area contributed by atoms with Crippen molar-refractivity contribution in [3.05, 3.63) is 59.8 Å². The van der Waals surface area contributed by atoms with Gasteiger partial charge in [0.15, 0.2) is 5.75 Å². The second-order valence-electron chi connectivity index (χ2n) is 6.14. The molecule has 1 N–H and O–H groups in total. The standard InChI is InChI=1S/C20H16N4O2/c1-24-17-8-4-15(10-14(17)5-9-19(24)25)20-18(12-22-23-20)26-16-6-2-13(11-21)3-7-16/h2-4,6-8,10,12H,5,9H2,1H3,(H,22,23). The van der Waals surface area contributed by atoms with Crippen LogP contribution in [0, 0.1) is 11.3 Å². The molecule has 0 saturated heterocycles. The Labute approximate surface area is 150 Å². The van der Waals surface area contributed by atoms with Crippen molar-refractivity contribution >= 4 is 11.6 Å². The van der Waals surface area contributed by atoms with Gasteiger partial charge in [-0.3, -0.25) is 9.89 Å². The SMILES string of the molecule is CN1C(=O)CCc2cc(-c3[nH]ncc3Oc3ccc(C#N)cc3)ccc21. The highest BCUT2D eigenvalue weighted by molar-refractivity contribution is 5.96. The molecule has 0 bridgehead atoms. The number of nitrogens with zero attached hydrogens (tertiary/aromatic N) is 3. The smallest absolute Gasteiger partial charge is 0.227 e. The first-order valence-electron chi connectivity index (χ1n) is 8.27. The van der Waals surface area contributed by atoms with E-state index in [9.17, 15) is 4.79 Å². The minimum atomic E-state index is 0.136. The molecule has 1 amide bonds. The topological polar surface area (TPSA) is 82.0 Å². The van der Waals surface area contributed by atoms with E-state index >= 15 is 0 Å². The highest BCUT2D eigenvalue weighted by Gasteiger charge is 2.22. The van der Waals surface area contributed by atoms with Crippen molar-refractivity contribution in [3.63, 3.8) is 0 Å². The molecule has 6 nitrogen and oxygen atoms in total. The van der Waals surface area contributed by atoms with E-state index in [0.717, 1.165) is 28.9 Å². The van der Waals surface area contributed by atoms with Gasteiger partial charge in [-0.2, -0.15) is 10.4 Å². The summed E-state index contributed by atoms with van der Waals surface area (Å²) in [7, 11) is 1.80. The number of aromatic amines is 1. The number of amides is 1. The molecule has 0 fully saturated rings. The van der Waals surface area contributed by atoms with E-state index in [-0.39, 0.29) is 5.91 Å². The van der Waals surface area contributed by atoms with E-state index in [4.69, 9.17) is 10.00 Å². The summed E-state index contributed by atoms with van der Waals surface area (Å²) in [6, 6.07) is 15.0. The maximum Gasteiger partial charge on any atom is 0.227 e. The first-order valence-corrected chi connectivity index (χ1v) is 8.27. The predicted octanol–water partition coefficient (Wildman–Crippen LogP) is 3.65. The summed E-state index contributed by atoms with van der Waals surface area (Å²) in [5.41, 5.74) is 4.38. The lowest BCUT2D eigenvalue weighted by atomic mass is 9.98. The molecule has 1 aliphatic heterocycles. The van der Waals surface area contributed by atoms with Gasteiger partial charge in [-0.25, -0.2) is 0 Å². The zero-order valence-corrected chi connectivity index (χ0v) is 14.2. The van der Waals surface area contributed by atoms with Gasteiger partial charge in [0.05, 0.1) is 17.8 Å². The number of carbonyl (C=O) groups excluding carboxylic acids is 1. The number of hydrogen-bond donors (Lipinski definition) is 1. The molecule has 0 saturated carbocycles. The van der Waals surface area contributed by atoms with Crippen molar-refractivity contribution in [2.45, 2.75) is 12.8 Å². The number of rotatable bonds is 3. The number of nitrogens with one attached hydrogen (secondary N) is 1. The zero-order chi connectivity index (χ0) is 18.1. The summed E-state index contributed by atoms with van der Waals surface area (Å²) in [6.45, 7) is 0. The Bertz CT molecular complexity index is 1020. The first-order chi connectivity index (χ1) is 12.7. The molecule has 128 valence electrons. The number of fused-ring (bicyclic) bond motifs is 1. The normalized spacial score (nSPS) is 13.2. The molecule has 1 aliphatic rings. The predicted molar refractivity (Wildman–Crippen MR) is 97.0 cm³/mol. The molecule has 26 heavy (non-hydrogen) atoms. The third-order valence-corrected chi connectivity index (χ3v) is 4.53. The van der Waals surface area contributed by atoms with Crippen LogP contribution in [0.2, 0.25) is 0 Å². The Morgan fingerprint density at radius 3 is 2.77 bits per heavy atom.